The molecule has 0 bridgehead atoms. The van der Waals surface area contributed by atoms with E-state index in [1.54, 1.807) is 23.5 Å². The van der Waals surface area contributed by atoms with E-state index in [0.717, 1.165) is 9.78 Å². The number of nitrogens with two attached hydrogens (primary N) is 1. The predicted octanol–water partition coefficient (Wildman–Crippen LogP) is 2.23. The molecule has 0 aliphatic carbocycles. The third kappa shape index (κ3) is 3.33. The number of carbonyl (C=O) groups excluding carboxylic acids is 2. The van der Waals surface area contributed by atoms with Gasteiger partial charge in [-0.1, -0.05) is 18.2 Å². The number of carbonyl (C=O) groups is 3. The van der Waals surface area contributed by atoms with Crippen molar-refractivity contribution in [3.05, 3.63) is 57.8 Å². The Balaban J connectivity index is 1.80. The molecular formula is C17H16N2O4S2. The molecule has 2 heterocycles. The fourth-order valence-corrected chi connectivity index (χ4v) is 4.87. The maximum Gasteiger partial charge on any atom is 0.327 e. The molecule has 0 radical (unpaired) electrons. The number of thiophene rings is 1. The first-order valence-electron chi connectivity index (χ1n) is 7.59. The average Bonchev–Trinajstić information content (AvgIpc) is 3.21. The minimum absolute atomic E-state index is 0.0722. The second kappa shape index (κ2) is 7.38. The fraction of sp³-hybridized carbons (Fsp3) is 0.235. The van der Waals surface area contributed by atoms with Crippen molar-refractivity contribution in [1.29, 1.82) is 0 Å². The van der Waals surface area contributed by atoms with Crippen LogP contribution in [0.5, 0.6) is 0 Å². The summed E-state index contributed by atoms with van der Waals surface area (Å²) in [5, 5.41) is 11.4. The highest BCUT2D eigenvalue weighted by molar-refractivity contribution is 7.99. The molecule has 25 heavy (non-hydrogen) atoms. The second-order valence-electron chi connectivity index (χ2n) is 5.45. The molecular weight excluding hydrogens is 360 g/mol. The standard InChI is InChI=1S/C17H16N2O4S2/c18-8-14(13-6-3-7-24-13)25-9-12(17(22)23)19-15(20)10-4-1-2-5-11(10)16(19)21/h1-7,12,14H,8-9,18H2,(H,22,23). The van der Waals surface area contributed by atoms with Crippen LogP contribution in [0.3, 0.4) is 0 Å². The van der Waals surface area contributed by atoms with E-state index >= 15 is 0 Å². The predicted molar refractivity (Wildman–Crippen MR) is 96.9 cm³/mol. The number of rotatable bonds is 7. The molecule has 2 aromatic rings. The Hall–Kier alpha value is -2.16. The van der Waals surface area contributed by atoms with E-state index in [2.05, 4.69) is 0 Å². The molecule has 0 fully saturated rings. The van der Waals surface area contributed by atoms with Crippen LogP contribution in [0.15, 0.2) is 41.8 Å². The summed E-state index contributed by atoms with van der Waals surface area (Å²) in [5.74, 6) is -2.24. The van der Waals surface area contributed by atoms with E-state index in [4.69, 9.17) is 5.73 Å². The van der Waals surface area contributed by atoms with Gasteiger partial charge in [0, 0.05) is 17.2 Å². The van der Waals surface area contributed by atoms with Gasteiger partial charge in [0.15, 0.2) is 0 Å². The quantitative estimate of drug-likeness (QED) is 0.719. The normalized spacial score (nSPS) is 16.0. The SMILES string of the molecule is NCC(SCC(C(=O)O)N1C(=O)c2ccccc2C1=O)c1cccs1. The Morgan fingerprint density at radius 1 is 1.16 bits per heavy atom. The van der Waals surface area contributed by atoms with Crippen LogP contribution in [-0.4, -0.2) is 46.1 Å². The van der Waals surface area contributed by atoms with Crippen molar-refractivity contribution in [2.75, 3.05) is 12.3 Å². The van der Waals surface area contributed by atoms with Crippen LogP contribution in [0, 0.1) is 0 Å². The molecule has 1 aliphatic heterocycles. The highest BCUT2D eigenvalue weighted by Gasteiger charge is 2.42. The van der Waals surface area contributed by atoms with Crippen molar-refractivity contribution < 1.29 is 19.5 Å². The highest BCUT2D eigenvalue weighted by atomic mass is 32.2. The number of aliphatic carboxylic acids is 1. The van der Waals surface area contributed by atoms with Gasteiger partial charge in [0.1, 0.15) is 6.04 Å². The first-order chi connectivity index (χ1) is 12.0. The lowest BCUT2D eigenvalue weighted by atomic mass is 10.1. The summed E-state index contributed by atoms with van der Waals surface area (Å²) in [6.45, 7) is 0.347. The Morgan fingerprint density at radius 3 is 2.28 bits per heavy atom. The zero-order valence-electron chi connectivity index (χ0n) is 13.1. The molecule has 3 rings (SSSR count). The smallest absolute Gasteiger partial charge is 0.327 e. The van der Waals surface area contributed by atoms with Gasteiger partial charge in [-0.25, -0.2) is 4.79 Å². The van der Waals surface area contributed by atoms with Gasteiger partial charge in [0.2, 0.25) is 0 Å². The molecule has 3 N–H and O–H groups in total. The Kier molecular flexibility index (Phi) is 5.22. The third-order valence-corrected chi connectivity index (χ3v) is 6.44. The number of amides is 2. The summed E-state index contributed by atoms with van der Waals surface area (Å²) in [7, 11) is 0. The van der Waals surface area contributed by atoms with Crippen molar-refractivity contribution in [1.82, 2.24) is 4.90 Å². The number of hydrogen-bond donors (Lipinski definition) is 2. The van der Waals surface area contributed by atoms with E-state index in [0.29, 0.717) is 6.54 Å². The summed E-state index contributed by atoms with van der Waals surface area (Å²) < 4.78 is 0. The van der Waals surface area contributed by atoms with Crippen molar-refractivity contribution in [3.8, 4) is 0 Å². The van der Waals surface area contributed by atoms with Crippen molar-refractivity contribution >= 4 is 40.9 Å². The molecule has 0 spiro atoms. The number of hydrogen-bond acceptors (Lipinski definition) is 6. The molecule has 130 valence electrons. The van der Waals surface area contributed by atoms with E-state index in [1.807, 2.05) is 17.5 Å². The third-order valence-electron chi connectivity index (χ3n) is 3.95. The molecule has 8 heteroatoms. The van der Waals surface area contributed by atoms with Gasteiger partial charge in [-0.15, -0.1) is 23.1 Å². The zero-order valence-corrected chi connectivity index (χ0v) is 14.8. The number of thioether (sulfide) groups is 1. The molecule has 1 aliphatic rings. The fourth-order valence-electron chi connectivity index (χ4n) is 2.70. The van der Waals surface area contributed by atoms with Gasteiger partial charge in [0.25, 0.3) is 11.8 Å². The van der Waals surface area contributed by atoms with E-state index in [-0.39, 0.29) is 22.1 Å². The Morgan fingerprint density at radius 2 is 1.80 bits per heavy atom. The number of carboxylic acid groups (broad SMARTS) is 1. The van der Waals surface area contributed by atoms with E-state index < -0.39 is 23.8 Å². The topological polar surface area (TPSA) is 101 Å². The molecule has 2 amide bonds. The number of fused-ring (bicyclic) bond motifs is 1. The van der Waals surface area contributed by atoms with Gasteiger partial charge < -0.3 is 10.8 Å². The minimum Gasteiger partial charge on any atom is -0.480 e. The van der Waals surface area contributed by atoms with Crippen LogP contribution in [0.2, 0.25) is 0 Å². The van der Waals surface area contributed by atoms with Crippen LogP contribution in [0.1, 0.15) is 30.8 Å². The maximum atomic E-state index is 12.5. The van der Waals surface area contributed by atoms with Crippen molar-refractivity contribution in [2.24, 2.45) is 5.73 Å². The Bertz CT molecular complexity index is 772. The van der Waals surface area contributed by atoms with Gasteiger partial charge in [-0.2, -0.15) is 0 Å². The van der Waals surface area contributed by atoms with E-state index in [1.165, 1.54) is 23.9 Å². The first kappa shape index (κ1) is 17.7. The number of benzene rings is 1. The summed E-state index contributed by atoms with van der Waals surface area (Å²) in [6, 6.07) is 8.99. The lowest BCUT2D eigenvalue weighted by Gasteiger charge is -2.24. The van der Waals surface area contributed by atoms with Gasteiger partial charge >= 0.3 is 5.97 Å². The second-order valence-corrected chi connectivity index (χ2v) is 7.67. The zero-order chi connectivity index (χ0) is 18.0. The summed E-state index contributed by atoms with van der Waals surface area (Å²) in [5.41, 5.74) is 6.29. The van der Waals surface area contributed by atoms with Crippen LogP contribution in [0.4, 0.5) is 0 Å². The van der Waals surface area contributed by atoms with Crippen LogP contribution in [0.25, 0.3) is 0 Å². The first-order valence-corrected chi connectivity index (χ1v) is 9.52. The minimum atomic E-state index is -1.23. The lowest BCUT2D eigenvalue weighted by Crippen LogP contribution is -2.46. The average molecular weight is 376 g/mol. The summed E-state index contributed by atoms with van der Waals surface area (Å²) >= 11 is 2.89. The monoisotopic (exact) mass is 376 g/mol. The summed E-state index contributed by atoms with van der Waals surface area (Å²) in [4.78, 5) is 38.6. The molecule has 0 saturated carbocycles. The van der Waals surface area contributed by atoms with Crippen molar-refractivity contribution in [2.45, 2.75) is 11.3 Å². The molecule has 2 unspecified atom stereocenters. The lowest BCUT2D eigenvalue weighted by molar-refractivity contribution is -0.140. The maximum absolute atomic E-state index is 12.5. The number of nitrogens with zero attached hydrogens (tertiary/aromatic N) is 1. The molecule has 1 aromatic heterocycles. The van der Waals surface area contributed by atoms with Crippen LogP contribution < -0.4 is 5.73 Å². The van der Waals surface area contributed by atoms with Gasteiger partial charge in [0.05, 0.1) is 16.4 Å². The van der Waals surface area contributed by atoms with E-state index in [9.17, 15) is 19.5 Å². The van der Waals surface area contributed by atoms with Crippen LogP contribution >= 0.6 is 23.1 Å². The van der Waals surface area contributed by atoms with Gasteiger partial charge in [-0.3, -0.25) is 14.5 Å². The number of imide groups is 1. The van der Waals surface area contributed by atoms with Crippen LogP contribution in [-0.2, 0) is 4.79 Å². The van der Waals surface area contributed by atoms with Crippen molar-refractivity contribution in [3.63, 3.8) is 0 Å². The summed E-state index contributed by atoms with van der Waals surface area (Å²) in [6.07, 6.45) is 0. The molecule has 0 saturated heterocycles. The molecule has 1 aromatic carbocycles. The molecule has 6 nitrogen and oxygen atoms in total. The Labute approximate surface area is 152 Å². The highest BCUT2D eigenvalue weighted by Crippen LogP contribution is 2.33. The largest absolute Gasteiger partial charge is 0.480 e. The van der Waals surface area contributed by atoms with Gasteiger partial charge in [-0.05, 0) is 23.6 Å². The number of carboxylic acids is 1. The molecule has 2 atom stereocenters.